The van der Waals surface area contributed by atoms with E-state index in [1.807, 2.05) is 6.07 Å². The maximum Gasteiger partial charge on any atom is 0.196 e. The van der Waals surface area contributed by atoms with Gasteiger partial charge in [-0.3, -0.25) is 4.79 Å². The zero-order valence-electron chi connectivity index (χ0n) is 8.40. The van der Waals surface area contributed by atoms with Crippen molar-refractivity contribution in [1.29, 1.82) is 0 Å². The summed E-state index contributed by atoms with van der Waals surface area (Å²) < 4.78 is 5.38. The topological polar surface area (TPSA) is 33.5 Å². The minimum absolute atomic E-state index is 0.415. The van der Waals surface area contributed by atoms with Crippen molar-refractivity contribution < 1.29 is 9.21 Å². The maximum atomic E-state index is 10.5. The van der Waals surface area contributed by atoms with Crippen LogP contribution in [0.4, 0.5) is 5.88 Å². The van der Waals surface area contributed by atoms with E-state index in [4.69, 9.17) is 4.42 Å². The average molecular weight is 193 g/mol. The Hall–Kier alpha value is -1.25. The quantitative estimate of drug-likeness (QED) is 0.676. The van der Waals surface area contributed by atoms with E-state index >= 15 is 0 Å². The van der Waals surface area contributed by atoms with Crippen LogP contribution in [0.5, 0.6) is 0 Å². The lowest BCUT2D eigenvalue weighted by Crippen LogP contribution is -2.33. The van der Waals surface area contributed by atoms with Gasteiger partial charge in [-0.15, -0.1) is 0 Å². The highest BCUT2D eigenvalue weighted by atomic mass is 16.4. The Labute approximate surface area is 83.7 Å². The molecule has 1 atom stereocenters. The van der Waals surface area contributed by atoms with Crippen molar-refractivity contribution in [1.82, 2.24) is 0 Å². The highest BCUT2D eigenvalue weighted by Gasteiger charge is 2.18. The molecule has 0 amide bonds. The predicted molar refractivity (Wildman–Crippen MR) is 54.7 cm³/mol. The molecular formula is C11H15NO2. The summed E-state index contributed by atoms with van der Waals surface area (Å²) in [5.41, 5.74) is 0. The number of carbonyl (C=O) groups excluding carboxylic acids is 1. The van der Waals surface area contributed by atoms with E-state index in [0.29, 0.717) is 11.7 Å². The summed E-state index contributed by atoms with van der Waals surface area (Å²) in [5, 5.41) is 0. The molecule has 0 aromatic carbocycles. The van der Waals surface area contributed by atoms with Gasteiger partial charge in [-0.2, -0.15) is 0 Å². The number of hydrogen-bond donors (Lipinski definition) is 0. The molecule has 3 heteroatoms. The van der Waals surface area contributed by atoms with Crippen LogP contribution < -0.4 is 4.90 Å². The molecule has 0 spiro atoms. The Bertz CT molecular complexity index is 319. The largest absolute Gasteiger partial charge is 0.438 e. The third-order valence-corrected chi connectivity index (χ3v) is 2.70. The van der Waals surface area contributed by atoms with Gasteiger partial charge in [0.25, 0.3) is 0 Å². The third kappa shape index (κ3) is 1.81. The van der Waals surface area contributed by atoms with Crippen molar-refractivity contribution in [3.8, 4) is 0 Å². The van der Waals surface area contributed by atoms with Gasteiger partial charge in [-0.1, -0.05) is 6.92 Å². The number of hydrogen-bond acceptors (Lipinski definition) is 3. The number of rotatable bonds is 2. The fraction of sp³-hybridized carbons (Fsp3) is 0.545. The standard InChI is InChI=1S/C11H15NO2/c1-9-3-2-6-12(7-9)11-5-4-10(8-13)14-11/h4-5,8-9H,2-3,6-7H2,1H3. The second-order valence-corrected chi connectivity index (χ2v) is 3.99. The average Bonchev–Trinajstić information content (AvgIpc) is 2.66. The van der Waals surface area contributed by atoms with E-state index in [9.17, 15) is 4.79 Å². The first-order chi connectivity index (χ1) is 6.79. The van der Waals surface area contributed by atoms with Gasteiger partial charge in [0.05, 0.1) is 0 Å². The number of nitrogens with zero attached hydrogens (tertiary/aromatic N) is 1. The number of anilines is 1. The molecule has 1 unspecified atom stereocenters. The second kappa shape index (κ2) is 3.86. The van der Waals surface area contributed by atoms with Gasteiger partial charge in [0.15, 0.2) is 17.9 Å². The van der Waals surface area contributed by atoms with Crippen LogP contribution >= 0.6 is 0 Å². The first kappa shape index (κ1) is 9.31. The Morgan fingerprint density at radius 1 is 1.57 bits per heavy atom. The molecular weight excluding hydrogens is 178 g/mol. The van der Waals surface area contributed by atoms with Crippen molar-refractivity contribution in [3.63, 3.8) is 0 Å². The Kier molecular flexibility index (Phi) is 2.57. The van der Waals surface area contributed by atoms with Crippen LogP contribution in [-0.4, -0.2) is 19.4 Å². The molecule has 1 aromatic heterocycles. The smallest absolute Gasteiger partial charge is 0.196 e. The molecule has 1 saturated heterocycles. The van der Waals surface area contributed by atoms with Crippen LogP contribution in [0.2, 0.25) is 0 Å². The van der Waals surface area contributed by atoms with Crippen LogP contribution in [-0.2, 0) is 0 Å². The molecule has 3 nitrogen and oxygen atoms in total. The molecule has 0 bridgehead atoms. The molecule has 1 aliphatic heterocycles. The van der Waals surface area contributed by atoms with Crippen LogP contribution in [0.25, 0.3) is 0 Å². The first-order valence-corrected chi connectivity index (χ1v) is 5.09. The van der Waals surface area contributed by atoms with Crippen molar-refractivity contribution in [2.24, 2.45) is 5.92 Å². The van der Waals surface area contributed by atoms with E-state index < -0.39 is 0 Å². The van der Waals surface area contributed by atoms with Gasteiger partial charge in [-0.05, 0) is 24.8 Å². The third-order valence-electron chi connectivity index (χ3n) is 2.70. The van der Waals surface area contributed by atoms with Crippen molar-refractivity contribution >= 4 is 12.2 Å². The molecule has 14 heavy (non-hydrogen) atoms. The molecule has 76 valence electrons. The SMILES string of the molecule is CC1CCCN(c2ccc(C=O)o2)C1. The van der Waals surface area contributed by atoms with Crippen molar-refractivity contribution in [2.45, 2.75) is 19.8 Å². The summed E-state index contributed by atoms with van der Waals surface area (Å²) in [7, 11) is 0. The van der Waals surface area contributed by atoms with Gasteiger partial charge < -0.3 is 9.32 Å². The number of piperidine rings is 1. The minimum Gasteiger partial charge on any atom is -0.438 e. The fourth-order valence-electron chi connectivity index (χ4n) is 1.97. The van der Waals surface area contributed by atoms with Gasteiger partial charge in [0, 0.05) is 19.2 Å². The molecule has 0 radical (unpaired) electrons. The van der Waals surface area contributed by atoms with Gasteiger partial charge in [0.2, 0.25) is 0 Å². The van der Waals surface area contributed by atoms with Crippen LogP contribution in [0, 0.1) is 5.92 Å². The first-order valence-electron chi connectivity index (χ1n) is 5.09. The van der Waals surface area contributed by atoms with E-state index in [2.05, 4.69) is 11.8 Å². The predicted octanol–water partition coefficient (Wildman–Crippen LogP) is 2.33. The summed E-state index contributed by atoms with van der Waals surface area (Å²) in [6, 6.07) is 3.60. The molecule has 1 aliphatic rings. The van der Waals surface area contributed by atoms with Crippen LogP contribution in [0.3, 0.4) is 0 Å². The summed E-state index contributed by atoms with van der Waals surface area (Å²) >= 11 is 0. The molecule has 2 heterocycles. The van der Waals surface area contributed by atoms with Gasteiger partial charge >= 0.3 is 0 Å². The van der Waals surface area contributed by atoms with E-state index in [1.54, 1.807) is 6.07 Å². The normalized spacial score (nSPS) is 22.4. The molecule has 0 aliphatic carbocycles. The highest BCUT2D eigenvalue weighted by molar-refractivity contribution is 5.71. The Morgan fingerprint density at radius 2 is 2.43 bits per heavy atom. The van der Waals surface area contributed by atoms with E-state index in [0.717, 1.165) is 25.3 Å². The summed E-state index contributed by atoms with van der Waals surface area (Å²) in [5.74, 6) is 1.96. The van der Waals surface area contributed by atoms with E-state index in [1.165, 1.54) is 12.8 Å². The number of carbonyl (C=O) groups is 1. The monoisotopic (exact) mass is 193 g/mol. The van der Waals surface area contributed by atoms with Crippen molar-refractivity contribution in [3.05, 3.63) is 17.9 Å². The molecule has 1 fully saturated rings. The molecule has 0 saturated carbocycles. The van der Waals surface area contributed by atoms with Crippen LogP contribution in [0.15, 0.2) is 16.5 Å². The molecule has 0 N–H and O–H groups in total. The summed E-state index contributed by atoms with van der Waals surface area (Å²) in [6.45, 7) is 4.32. The second-order valence-electron chi connectivity index (χ2n) is 3.99. The number of aldehydes is 1. The summed E-state index contributed by atoms with van der Waals surface area (Å²) in [6.07, 6.45) is 3.24. The Balaban J connectivity index is 2.09. The van der Waals surface area contributed by atoms with Crippen molar-refractivity contribution in [2.75, 3.05) is 18.0 Å². The Morgan fingerprint density at radius 3 is 3.07 bits per heavy atom. The maximum absolute atomic E-state index is 10.5. The highest BCUT2D eigenvalue weighted by Crippen LogP contribution is 2.24. The zero-order chi connectivity index (χ0) is 9.97. The summed E-state index contributed by atoms with van der Waals surface area (Å²) in [4.78, 5) is 12.7. The number of furan rings is 1. The minimum atomic E-state index is 0.415. The zero-order valence-corrected chi connectivity index (χ0v) is 8.40. The van der Waals surface area contributed by atoms with E-state index in [-0.39, 0.29) is 0 Å². The van der Waals surface area contributed by atoms with Gasteiger partial charge in [0.1, 0.15) is 0 Å². The lowest BCUT2D eigenvalue weighted by molar-refractivity contribution is 0.110. The van der Waals surface area contributed by atoms with Crippen LogP contribution in [0.1, 0.15) is 30.3 Å². The lowest BCUT2D eigenvalue weighted by atomic mass is 10.0. The lowest BCUT2D eigenvalue weighted by Gasteiger charge is -2.30. The van der Waals surface area contributed by atoms with Gasteiger partial charge in [-0.25, -0.2) is 0 Å². The fourth-order valence-corrected chi connectivity index (χ4v) is 1.97. The molecule has 1 aromatic rings. The molecule has 2 rings (SSSR count).